The maximum Gasteiger partial charge on any atom is 0.247 e. The van der Waals surface area contributed by atoms with Crippen LogP contribution >= 0.6 is 12.4 Å². The molecule has 1 saturated heterocycles. The fraction of sp³-hybridized carbons (Fsp3) is 0.368. The van der Waals surface area contributed by atoms with Gasteiger partial charge in [-0.25, -0.2) is 0 Å². The van der Waals surface area contributed by atoms with Gasteiger partial charge in [-0.3, -0.25) is 9.69 Å². The molecule has 0 saturated carbocycles. The second-order valence-electron chi connectivity index (χ2n) is 6.46. The fourth-order valence-electron chi connectivity index (χ4n) is 3.31. The van der Waals surface area contributed by atoms with Crippen molar-refractivity contribution in [2.24, 2.45) is 0 Å². The molecular formula is C19H23ClN4O3. The van der Waals surface area contributed by atoms with Crippen molar-refractivity contribution < 1.29 is 13.9 Å². The zero-order chi connectivity index (χ0) is 17.9. The Bertz CT molecular complexity index is 901. The number of fused-ring (bicyclic) bond motifs is 1. The number of anilines is 1. The van der Waals surface area contributed by atoms with Gasteiger partial charge in [-0.05, 0) is 37.2 Å². The van der Waals surface area contributed by atoms with E-state index in [1.165, 1.54) is 4.68 Å². The van der Waals surface area contributed by atoms with Gasteiger partial charge in [0, 0.05) is 30.5 Å². The highest BCUT2D eigenvalue weighted by Crippen LogP contribution is 2.28. The molecular weight excluding hydrogens is 368 g/mol. The van der Waals surface area contributed by atoms with Gasteiger partial charge in [0.15, 0.2) is 5.82 Å². The Hall–Kier alpha value is -2.35. The number of ether oxygens (including phenoxy) is 1. The van der Waals surface area contributed by atoms with Gasteiger partial charge in [0.05, 0.1) is 25.0 Å². The van der Waals surface area contributed by atoms with Crippen LogP contribution in [-0.4, -0.2) is 53.4 Å². The quantitative estimate of drug-likeness (QED) is 0.720. The van der Waals surface area contributed by atoms with Crippen LogP contribution in [0.15, 0.2) is 41.0 Å². The minimum absolute atomic E-state index is 0. The number of nitrogens with zero attached hydrogens (tertiary/aromatic N) is 3. The van der Waals surface area contributed by atoms with Gasteiger partial charge in [0.1, 0.15) is 5.76 Å². The lowest BCUT2D eigenvalue weighted by atomic mass is 10.1. The van der Waals surface area contributed by atoms with Crippen LogP contribution in [0.3, 0.4) is 0 Å². The van der Waals surface area contributed by atoms with Crippen LogP contribution in [0, 0.1) is 0 Å². The molecule has 1 aromatic carbocycles. The van der Waals surface area contributed by atoms with Gasteiger partial charge in [0.2, 0.25) is 5.91 Å². The maximum absolute atomic E-state index is 12.7. The number of carbonyl (C=O) groups is 1. The highest BCUT2D eigenvalue weighted by molar-refractivity contribution is 5.98. The molecule has 8 heteroatoms. The molecule has 4 rings (SSSR count). The number of nitrogens with two attached hydrogens (primary N) is 1. The highest BCUT2D eigenvalue weighted by Gasteiger charge is 2.16. The number of aromatic nitrogens is 2. The SMILES string of the molecule is Cl.Nc1nn(C(=O)CCCN2CCOCC2)c2cc(-c3ccco3)ccc12. The van der Waals surface area contributed by atoms with Gasteiger partial charge < -0.3 is 14.9 Å². The summed E-state index contributed by atoms with van der Waals surface area (Å²) in [6.45, 7) is 4.28. The molecule has 2 aromatic heterocycles. The summed E-state index contributed by atoms with van der Waals surface area (Å²) in [5, 5.41) is 5.04. The number of hydrogen-bond acceptors (Lipinski definition) is 6. The summed E-state index contributed by atoms with van der Waals surface area (Å²) in [6, 6.07) is 9.42. The van der Waals surface area contributed by atoms with Gasteiger partial charge in [-0.2, -0.15) is 4.68 Å². The molecule has 1 fully saturated rings. The molecule has 0 aliphatic carbocycles. The van der Waals surface area contributed by atoms with E-state index in [0.717, 1.165) is 56.0 Å². The topological polar surface area (TPSA) is 86.5 Å². The molecule has 0 bridgehead atoms. The highest BCUT2D eigenvalue weighted by atomic mass is 35.5. The van der Waals surface area contributed by atoms with Gasteiger partial charge in [-0.1, -0.05) is 6.07 Å². The fourth-order valence-corrected chi connectivity index (χ4v) is 3.31. The number of furan rings is 1. The number of hydrogen-bond donors (Lipinski definition) is 1. The van der Waals surface area contributed by atoms with E-state index < -0.39 is 0 Å². The van der Waals surface area contributed by atoms with Crippen molar-refractivity contribution in [1.29, 1.82) is 0 Å². The van der Waals surface area contributed by atoms with Crippen LogP contribution in [0.25, 0.3) is 22.2 Å². The summed E-state index contributed by atoms with van der Waals surface area (Å²) >= 11 is 0. The Labute approximate surface area is 163 Å². The van der Waals surface area contributed by atoms with Crippen molar-refractivity contribution in [2.45, 2.75) is 12.8 Å². The first-order valence-electron chi connectivity index (χ1n) is 8.88. The number of halogens is 1. The van der Waals surface area contributed by atoms with Crippen LogP contribution in [0.4, 0.5) is 5.82 Å². The van der Waals surface area contributed by atoms with Crippen LogP contribution in [0.1, 0.15) is 17.6 Å². The summed E-state index contributed by atoms with van der Waals surface area (Å²) in [6.07, 6.45) is 2.85. The van der Waals surface area contributed by atoms with Crippen molar-refractivity contribution in [2.75, 3.05) is 38.6 Å². The number of morpholine rings is 1. The Balaban J connectivity index is 0.00000210. The molecule has 3 heterocycles. The molecule has 1 aliphatic heterocycles. The molecule has 0 spiro atoms. The van der Waals surface area contributed by atoms with Crippen molar-refractivity contribution in [3.63, 3.8) is 0 Å². The normalized spacial score (nSPS) is 15.0. The van der Waals surface area contributed by atoms with E-state index in [4.69, 9.17) is 14.9 Å². The second-order valence-corrected chi connectivity index (χ2v) is 6.46. The third-order valence-corrected chi connectivity index (χ3v) is 4.72. The van der Waals surface area contributed by atoms with E-state index in [-0.39, 0.29) is 18.3 Å². The number of carbonyl (C=O) groups excluding carboxylic acids is 1. The van der Waals surface area contributed by atoms with Crippen molar-refractivity contribution in [3.05, 3.63) is 36.6 Å². The smallest absolute Gasteiger partial charge is 0.247 e. The molecule has 0 atom stereocenters. The van der Waals surface area contributed by atoms with Crippen molar-refractivity contribution in [3.8, 4) is 11.3 Å². The summed E-state index contributed by atoms with van der Waals surface area (Å²) in [5.74, 6) is 1.07. The number of benzene rings is 1. The van der Waals surface area contributed by atoms with E-state index in [1.807, 2.05) is 30.3 Å². The molecule has 1 aliphatic rings. The van der Waals surface area contributed by atoms with Gasteiger partial charge >= 0.3 is 0 Å². The Morgan fingerprint density at radius 3 is 2.78 bits per heavy atom. The number of nitrogen functional groups attached to an aromatic ring is 1. The summed E-state index contributed by atoms with van der Waals surface area (Å²) in [5.41, 5.74) is 7.61. The maximum atomic E-state index is 12.7. The summed E-state index contributed by atoms with van der Waals surface area (Å²) < 4.78 is 12.2. The number of rotatable bonds is 5. The zero-order valence-corrected chi connectivity index (χ0v) is 15.8. The largest absolute Gasteiger partial charge is 0.464 e. The van der Waals surface area contributed by atoms with Crippen molar-refractivity contribution >= 4 is 35.0 Å². The third-order valence-electron chi connectivity index (χ3n) is 4.72. The zero-order valence-electron chi connectivity index (χ0n) is 15.0. The van der Waals surface area contributed by atoms with Crippen LogP contribution in [0.2, 0.25) is 0 Å². The first-order chi connectivity index (χ1) is 12.7. The molecule has 0 unspecified atom stereocenters. The molecule has 2 N–H and O–H groups in total. The molecule has 7 nitrogen and oxygen atoms in total. The lowest BCUT2D eigenvalue weighted by Crippen LogP contribution is -2.37. The molecule has 0 amide bonds. The first-order valence-corrected chi connectivity index (χ1v) is 8.88. The molecule has 0 radical (unpaired) electrons. The second kappa shape index (κ2) is 8.56. The Kier molecular flexibility index (Phi) is 6.15. The van der Waals surface area contributed by atoms with E-state index in [9.17, 15) is 4.79 Å². The third kappa shape index (κ3) is 4.16. The molecule has 3 aromatic rings. The van der Waals surface area contributed by atoms with E-state index >= 15 is 0 Å². The summed E-state index contributed by atoms with van der Waals surface area (Å²) in [4.78, 5) is 15.0. The van der Waals surface area contributed by atoms with Crippen LogP contribution < -0.4 is 5.73 Å². The first kappa shape index (κ1) is 19.4. The lowest BCUT2D eigenvalue weighted by Gasteiger charge is -2.26. The molecule has 144 valence electrons. The minimum Gasteiger partial charge on any atom is -0.464 e. The summed E-state index contributed by atoms with van der Waals surface area (Å²) in [7, 11) is 0. The molecule has 27 heavy (non-hydrogen) atoms. The Morgan fingerprint density at radius 2 is 2.04 bits per heavy atom. The van der Waals surface area contributed by atoms with E-state index in [2.05, 4.69) is 10.00 Å². The van der Waals surface area contributed by atoms with Crippen molar-refractivity contribution in [1.82, 2.24) is 14.7 Å². The lowest BCUT2D eigenvalue weighted by molar-refractivity contribution is 0.0369. The van der Waals surface area contributed by atoms with Gasteiger partial charge in [0.25, 0.3) is 0 Å². The monoisotopic (exact) mass is 390 g/mol. The Morgan fingerprint density at radius 1 is 1.22 bits per heavy atom. The van der Waals surface area contributed by atoms with E-state index in [1.54, 1.807) is 6.26 Å². The van der Waals surface area contributed by atoms with Crippen LogP contribution in [-0.2, 0) is 4.74 Å². The predicted octanol–water partition coefficient (Wildman–Crippen LogP) is 3.05. The standard InChI is InChI=1S/C19H22N4O3.ClH/c20-19-15-6-5-14(17-3-2-10-26-17)13-16(15)23(21-19)18(24)4-1-7-22-8-11-25-12-9-22;/h2-3,5-6,10,13H,1,4,7-9,11-12H2,(H2,20,21);1H. The van der Waals surface area contributed by atoms with Gasteiger partial charge in [-0.15, -0.1) is 17.5 Å². The van der Waals surface area contributed by atoms with E-state index in [0.29, 0.717) is 17.8 Å². The average molecular weight is 391 g/mol. The predicted molar refractivity (Wildman–Crippen MR) is 106 cm³/mol. The van der Waals surface area contributed by atoms with Crippen LogP contribution in [0.5, 0.6) is 0 Å². The average Bonchev–Trinajstić information content (AvgIpc) is 3.31. The minimum atomic E-state index is -0.0449.